The van der Waals surface area contributed by atoms with Crippen LogP contribution >= 0.6 is 0 Å². The Hall–Kier alpha value is -3.01. The van der Waals surface area contributed by atoms with Crippen LogP contribution in [0.1, 0.15) is 21.6 Å². The minimum absolute atomic E-state index is 0.178. The third-order valence-corrected chi connectivity index (χ3v) is 3.93. The Kier molecular flexibility index (Phi) is 5.88. The number of likely N-dealkylation sites (N-methyl/N-ethyl adjacent to an activating group) is 1. The molecule has 0 fully saturated rings. The van der Waals surface area contributed by atoms with Crippen LogP contribution in [0, 0.1) is 0 Å². The third kappa shape index (κ3) is 4.54. The van der Waals surface area contributed by atoms with E-state index in [4.69, 9.17) is 5.73 Å². The lowest BCUT2D eigenvalue weighted by Gasteiger charge is -2.21. The molecule has 1 atom stereocenters. The highest BCUT2D eigenvalue weighted by Crippen LogP contribution is 2.20. The van der Waals surface area contributed by atoms with Gasteiger partial charge in [-0.2, -0.15) is 0 Å². The standard InChI is InChI=1S/C16H22N6O4/c1-21(2)16(26)12(6-19-15(25)13(17)23)20-14(24)11-4-9-7-22(3)8-10(9)5-18-11/h4-5,12H,6-8H2,1-3H3,(H2,17,23)(H,19,25)(H,20,24)/t12-/m0/s1. The number of carbonyl (C=O) groups excluding carboxylic acids is 4. The van der Waals surface area contributed by atoms with E-state index in [0.717, 1.165) is 17.7 Å². The van der Waals surface area contributed by atoms with Crippen molar-refractivity contribution >= 4 is 23.6 Å². The van der Waals surface area contributed by atoms with E-state index in [2.05, 4.69) is 20.5 Å². The maximum Gasteiger partial charge on any atom is 0.309 e. The summed E-state index contributed by atoms with van der Waals surface area (Å²) in [7, 11) is 4.99. The SMILES string of the molecule is CN1Cc2cnc(C(=O)N[C@@H](CNC(=O)C(N)=O)C(=O)N(C)C)cc2C1. The van der Waals surface area contributed by atoms with E-state index in [1.807, 2.05) is 7.05 Å². The van der Waals surface area contributed by atoms with Crippen LogP contribution in [0.2, 0.25) is 0 Å². The normalized spacial score (nSPS) is 14.3. The fourth-order valence-electron chi connectivity index (χ4n) is 2.60. The van der Waals surface area contributed by atoms with Crippen molar-refractivity contribution in [2.45, 2.75) is 19.1 Å². The Morgan fingerprint density at radius 1 is 1.27 bits per heavy atom. The molecule has 1 aliphatic rings. The number of primary amides is 1. The summed E-state index contributed by atoms with van der Waals surface area (Å²) in [4.78, 5) is 54.3. The zero-order valence-electron chi connectivity index (χ0n) is 14.9. The fraction of sp³-hybridized carbons (Fsp3) is 0.438. The molecule has 0 aliphatic carbocycles. The topological polar surface area (TPSA) is 138 Å². The number of nitrogens with two attached hydrogens (primary N) is 1. The summed E-state index contributed by atoms with van der Waals surface area (Å²) in [5, 5.41) is 4.76. The average Bonchev–Trinajstić information content (AvgIpc) is 2.96. The van der Waals surface area contributed by atoms with Crippen LogP contribution in [0.3, 0.4) is 0 Å². The second kappa shape index (κ2) is 7.91. The van der Waals surface area contributed by atoms with E-state index in [1.165, 1.54) is 19.0 Å². The van der Waals surface area contributed by atoms with E-state index in [0.29, 0.717) is 6.54 Å². The number of rotatable bonds is 5. The highest BCUT2D eigenvalue weighted by molar-refractivity contribution is 6.34. The molecule has 26 heavy (non-hydrogen) atoms. The largest absolute Gasteiger partial charge is 0.361 e. The Balaban J connectivity index is 2.10. The second-order valence-electron chi connectivity index (χ2n) is 6.34. The van der Waals surface area contributed by atoms with Crippen LogP contribution in [-0.4, -0.2) is 72.1 Å². The first-order valence-electron chi connectivity index (χ1n) is 7.95. The van der Waals surface area contributed by atoms with E-state index < -0.39 is 29.7 Å². The first-order chi connectivity index (χ1) is 12.2. The Bertz CT molecular complexity index is 748. The molecule has 1 aliphatic heterocycles. The summed E-state index contributed by atoms with van der Waals surface area (Å²) in [6.07, 6.45) is 1.64. The summed E-state index contributed by atoms with van der Waals surface area (Å²) in [5.74, 6) is -3.19. The molecule has 10 nitrogen and oxygen atoms in total. The number of aromatic nitrogens is 1. The van der Waals surface area contributed by atoms with Crippen LogP contribution in [0.5, 0.6) is 0 Å². The lowest BCUT2D eigenvalue weighted by Crippen LogP contribution is -2.53. The molecule has 2 rings (SSSR count). The molecule has 140 valence electrons. The fourth-order valence-corrected chi connectivity index (χ4v) is 2.60. The van der Waals surface area contributed by atoms with Crippen molar-refractivity contribution in [1.82, 2.24) is 25.4 Å². The Labute approximate surface area is 150 Å². The van der Waals surface area contributed by atoms with Gasteiger partial charge < -0.3 is 21.3 Å². The third-order valence-electron chi connectivity index (χ3n) is 3.93. The minimum atomic E-state index is -1.17. The highest BCUT2D eigenvalue weighted by Gasteiger charge is 2.26. The van der Waals surface area contributed by atoms with Crippen LogP contribution in [0.15, 0.2) is 12.3 Å². The van der Waals surface area contributed by atoms with Gasteiger partial charge in [0.25, 0.3) is 5.91 Å². The Morgan fingerprint density at radius 2 is 1.92 bits per heavy atom. The van der Waals surface area contributed by atoms with Crippen LogP contribution in [-0.2, 0) is 27.5 Å². The summed E-state index contributed by atoms with van der Waals surface area (Å²) >= 11 is 0. The van der Waals surface area contributed by atoms with Gasteiger partial charge >= 0.3 is 11.8 Å². The van der Waals surface area contributed by atoms with Gasteiger partial charge in [0.1, 0.15) is 11.7 Å². The van der Waals surface area contributed by atoms with Crippen molar-refractivity contribution in [2.75, 3.05) is 27.7 Å². The van der Waals surface area contributed by atoms with E-state index in [9.17, 15) is 19.2 Å². The van der Waals surface area contributed by atoms with Crippen molar-refractivity contribution in [3.8, 4) is 0 Å². The van der Waals surface area contributed by atoms with Gasteiger partial charge in [-0.1, -0.05) is 0 Å². The molecule has 0 saturated carbocycles. The minimum Gasteiger partial charge on any atom is -0.361 e. The number of amides is 4. The van der Waals surface area contributed by atoms with E-state index >= 15 is 0 Å². The molecular weight excluding hydrogens is 340 g/mol. The van der Waals surface area contributed by atoms with E-state index in [1.54, 1.807) is 12.3 Å². The lowest BCUT2D eigenvalue weighted by molar-refractivity contribution is -0.137. The molecule has 0 aromatic carbocycles. The highest BCUT2D eigenvalue weighted by atomic mass is 16.2. The van der Waals surface area contributed by atoms with E-state index in [-0.39, 0.29) is 12.2 Å². The van der Waals surface area contributed by atoms with Crippen molar-refractivity contribution < 1.29 is 19.2 Å². The smallest absolute Gasteiger partial charge is 0.309 e. The predicted molar refractivity (Wildman–Crippen MR) is 91.6 cm³/mol. The molecule has 0 radical (unpaired) electrons. The van der Waals surface area contributed by atoms with Gasteiger partial charge in [-0.05, 0) is 24.2 Å². The van der Waals surface area contributed by atoms with Crippen molar-refractivity contribution in [1.29, 1.82) is 0 Å². The quantitative estimate of drug-likeness (QED) is 0.509. The maximum atomic E-state index is 12.5. The van der Waals surface area contributed by atoms with Crippen LogP contribution < -0.4 is 16.4 Å². The van der Waals surface area contributed by atoms with Gasteiger partial charge in [-0.25, -0.2) is 0 Å². The number of fused-ring (bicyclic) bond motifs is 1. The molecule has 0 bridgehead atoms. The van der Waals surface area contributed by atoms with Crippen molar-refractivity contribution in [2.24, 2.45) is 5.73 Å². The number of nitrogens with one attached hydrogen (secondary N) is 2. The van der Waals surface area contributed by atoms with Crippen molar-refractivity contribution in [3.63, 3.8) is 0 Å². The molecule has 0 unspecified atom stereocenters. The van der Waals surface area contributed by atoms with Crippen LogP contribution in [0.4, 0.5) is 0 Å². The van der Waals surface area contributed by atoms with Gasteiger partial charge in [-0.15, -0.1) is 0 Å². The zero-order chi connectivity index (χ0) is 19.4. The first-order valence-corrected chi connectivity index (χ1v) is 7.95. The predicted octanol–water partition coefficient (Wildman–Crippen LogP) is -2.18. The Morgan fingerprint density at radius 3 is 2.54 bits per heavy atom. The molecule has 4 amide bonds. The van der Waals surface area contributed by atoms with Crippen LogP contribution in [0.25, 0.3) is 0 Å². The van der Waals surface area contributed by atoms with Gasteiger partial charge in [0.15, 0.2) is 0 Å². The number of hydrogen-bond donors (Lipinski definition) is 3. The lowest BCUT2D eigenvalue weighted by atomic mass is 10.1. The average molecular weight is 362 g/mol. The molecule has 10 heteroatoms. The molecule has 2 heterocycles. The van der Waals surface area contributed by atoms with Gasteiger partial charge in [-0.3, -0.25) is 29.1 Å². The number of pyridine rings is 1. The second-order valence-corrected chi connectivity index (χ2v) is 6.34. The molecule has 0 spiro atoms. The molecular formula is C16H22N6O4. The summed E-state index contributed by atoms with van der Waals surface area (Å²) in [6.45, 7) is 1.22. The maximum absolute atomic E-state index is 12.5. The molecule has 1 aromatic heterocycles. The zero-order valence-corrected chi connectivity index (χ0v) is 14.9. The number of carbonyl (C=O) groups is 4. The van der Waals surface area contributed by atoms with Gasteiger partial charge in [0.05, 0.1) is 0 Å². The molecule has 0 saturated heterocycles. The van der Waals surface area contributed by atoms with Gasteiger partial charge in [0.2, 0.25) is 5.91 Å². The monoisotopic (exact) mass is 362 g/mol. The summed E-state index contributed by atoms with van der Waals surface area (Å²) in [6, 6.07) is 0.631. The molecule has 1 aromatic rings. The summed E-state index contributed by atoms with van der Waals surface area (Å²) in [5.41, 5.74) is 7.10. The number of hydrogen-bond acceptors (Lipinski definition) is 6. The van der Waals surface area contributed by atoms with Gasteiger partial charge in [0, 0.05) is 39.9 Å². The first kappa shape index (κ1) is 19.3. The van der Waals surface area contributed by atoms with Crippen molar-refractivity contribution in [3.05, 3.63) is 29.1 Å². The number of nitrogens with zero attached hydrogens (tertiary/aromatic N) is 3. The molecule has 4 N–H and O–H groups in total. The summed E-state index contributed by atoms with van der Waals surface area (Å²) < 4.78 is 0.